The molecule has 2 N–H and O–H groups in total. The number of allylic oxidation sites excluding steroid dienone is 1. The maximum Gasteiger partial charge on any atom is 0.313 e. The number of nitrogens with one attached hydrogen (secondary N) is 1. The van der Waals surface area contributed by atoms with Gasteiger partial charge in [-0.25, -0.2) is 0 Å². The molecule has 3 aliphatic rings. The summed E-state index contributed by atoms with van der Waals surface area (Å²) in [5.41, 5.74) is 2.00. The molecular formula is C39H48BrN3O7. The number of para-hydroxylation sites is 1. The average molecular weight is 751 g/mol. The van der Waals surface area contributed by atoms with E-state index in [0.717, 1.165) is 16.8 Å². The van der Waals surface area contributed by atoms with Crippen LogP contribution >= 0.6 is 15.9 Å². The lowest BCUT2D eigenvalue weighted by molar-refractivity contribution is -0.160. The summed E-state index contributed by atoms with van der Waals surface area (Å²) < 4.78 is 12.9. The van der Waals surface area contributed by atoms with Crippen LogP contribution in [0.2, 0.25) is 0 Å². The minimum Gasteiger partial charge on any atom is -0.455 e. The normalized spacial score (nSPS) is 25.6. The van der Waals surface area contributed by atoms with Crippen LogP contribution < -0.4 is 10.2 Å². The van der Waals surface area contributed by atoms with Gasteiger partial charge in [0.15, 0.2) is 0 Å². The van der Waals surface area contributed by atoms with Gasteiger partial charge in [-0.2, -0.15) is 0 Å². The molecule has 11 heteroatoms. The second kappa shape index (κ2) is 16.5. The highest BCUT2D eigenvalue weighted by atomic mass is 79.9. The van der Waals surface area contributed by atoms with Gasteiger partial charge >= 0.3 is 5.97 Å². The molecule has 1 spiro atoms. The minimum absolute atomic E-state index is 0.0316. The van der Waals surface area contributed by atoms with Crippen molar-refractivity contribution in [2.45, 2.75) is 81.1 Å². The average Bonchev–Trinajstić information content (AvgIpc) is 3.70. The van der Waals surface area contributed by atoms with Gasteiger partial charge in [-0.3, -0.25) is 19.2 Å². The Bertz CT molecular complexity index is 1560. The van der Waals surface area contributed by atoms with Gasteiger partial charge < -0.3 is 29.7 Å². The summed E-state index contributed by atoms with van der Waals surface area (Å²) in [5, 5.41) is 12.3. The number of ether oxygens (including phenoxy) is 2. The molecule has 2 bridgehead atoms. The molecule has 7 atom stereocenters. The predicted molar refractivity (Wildman–Crippen MR) is 195 cm³/mol. The Morgan fingerprint density at radius 1 is 1.10 bits per heavy atom. The van der Waals surface area contributed by atoms with Gasteiger partial charge in [-0.05, 0) is 62.6 Å². The van der Waals surface area contributed by atoms with Crippen LogP contribution in [-0.2, 0) is 28.7 Å². The van der Waals surface area contributed by atoms with Crippen molar-refractivity contribution in [1.82, 2.24) is 10.2 Å². The van der Waals surface area contributed by atoms with Crippen molar-refractivity contribution in [1.29, 1.82) is 0 Å². The Hall–Kier alpha value is -3.80. The van der Waals surface area contributed by atoms with E-state index in [9.17, 15) is 24.3 Å². The first-order valence-corrected chi connectivity index (χ1v) is 18.4. The molecule has 1 unspecified atom stereocenters. The fourth-order valence-corrected chi connectivity index (χ4v) is 8.87. The van der Waals surface area contributed by atoms with Gasteiger partial charge in [-0.1, -0.05) is 76.6 Å². The summed E-state index contributed by atoms with van der Waals surface area (Å²) in [6.45, 7) is 12.1. The number of carbonyl (C=O) groups is 4. The number of amides is 3. The number of benzene rings is 2. The molecule has 50 heavy (non-hydrogen) atoms. The molecule has 3 fully saturated rings. The van der Waals surface area contributed by atoms with Crippen LogP contribution in [0, 0.1) is 25.7 Å². The van der Waals surface area contributed by atoms with Gasteiger partial charge in [0, 0.05) is 36.6 Å². The number of hydrogen-bond donors (Lipinski definition) is 2. The topological polar surface area (TPSA) is 125 Å². The molecule has 3 amide bonds. The molecule has 3 heterocycles. The zero-order chi connectivity index (χ0) is 36.0. The number of rotatable bonds is 17. The molecule has 2 aromatic rings. The Balaban J connectivity index is 1.50. The number of hydrogen-bond acceptors (Lipinski definition) is 7. The smallest absolute Gasteiger partial charge is 0.313 e. The molecule has 268 valence electrons. The van der Waals surface area contributed by atoms with Crippen LogP contribution in [0.15, 0.2) is 73.8 Å². The first-order chi connectivity index (χ1) is 24.1. The number of esters is 1. The van der Waals surface area contributed by atoms with Crippen molar-refractivity contribution in [2.24, 2.45) is 11.8 Å². The van der Waals surface area contributed by atoms with Gasteiger partial charge in [-0.15, -0.1) is 13.2 Å². The molecule has 5 rings (SSSR count). The van der Waals surface area contributed by atoms with Crippen LogP contribution in [-0.4, -0.2) is 82.5 Å². The number of unbranched alkanes of at least 4 members (excludes halogenated alkanes) is 2. The Morgan fingerprint density at radius 3 is 2.48 bits per heavy atom. The monoisotopic (exact) mass is 749 g/mol. The van der Waals surface area contributed by atoms with E-state index in [2.05, 4.69) is 34.4 Å². The van der Waals surface area contributed by atoms with E-state index in [1.54, 1.807) is 22.0 Å². The highest BCUT2D eigenvalue weighted by Crippen LogP contribution is 2.60. The van der Waals surface area contributed by atoms with E-state index in [1.165, 1.54) is 0 Å². The fraction of sp³-hybridized carbons (Fsp3) is 0.487. The number of halogens is 1. The van der Waals surface area contributed by atoms with Gasteiger partial charge in [0.2, 0.25) is 11.8 Å². The number of fused-ring (bicyclic) bond motifs is 1. The number of anilines is 1. The second-order valence-electron chi connectivity index (χ2n) is 13.4. The molecule has 0 radical (unpaired) electrons. The van der Waals surface area contributed by atoms with Gasteiger partial charge in [0.05, 0.1) is 24.5 Å². The van der Waals surface area contributed by atoms with Gasteiger partial charge in [0.25, 0.3) is 5.91 Å². The van der Waals surface area contributed by atoms with Crippen LogP contribution in [0.5, 0.6) is 0 Å². The summed E-state index contributed by atoms with van der Waals surface area (Å²) in [5.74, 6) is -3.33. The van der Waals surface area contributed by atoms with Crippen molar-refractivity contribution in [3.63, 3.8) is 0 Å². The molecule has 0 aromatic heterocycles. The van der Waals surface area contributed by atoms with Crippen LogP contribution in [0.25, 0.3) is 0 Å². The SMILES string of the molecule is C=CCCC(=O)NC[C@H](OC(=O)[C@@H]1[C@H]2O[C@@]3(CC2Br)[C@H](C(=O)N(CC=C)c2c(C)cccc2C)N(CCCCCO)C(=O)[C@@H]13)c1ccccc1. The van der Waals surface area contributed by atoms with Crippen molar-refractivity contribution in [3.8, 4) is 0 Å². The van der Waals surface area contributed by atoms with Crippen molar-refractivity contribution < 1.29 is 33.8 Å². The summed E-state index contributed by atoms with van der Waals surface area (Å²) in [7, 11) is 0. The number of aryl methyl sites for hydroxylation is 2. The molecule has 0 aliphatic carbocycles. The highest BCUT2D eigenvalue weighted by molar-refractivity contribution is 9.09. The third-order valence-corrected chi connectivity index (χ3v) is 11.0. The molecule has 10 nitrogen and oxygen atoms in total. The second-order valence-corrected chi connectivity index (χ2v) is 14.6. The van der Waals surface area contributed by atoms with Crippen molar-refractivity contribution in [3.05, 3.63) is 90.5 Å². The summed E-state index contributed by atoms with van der Waals surface area (Å²) in [4.78, 5) is 59.4. The molecule has 2 aromatic carbocycles. The quantitative estimate of drug-likeness (QED) is 0.0999. The zero-order valence-electron chi connectivity index (χ0n) is 28.9. The fourth-order valence-electron chi connectivity index (χ4n) is 7.93. The zero-order valence-corrected chi connectivity index (χ0v) is 30.5. The Kier molecular flexibility index (Phi) is 12.3. The van der Waals surface area contributed by atoms with E-state index in [-0.39, 0.29) is 55.2 Å². The number of aliphatic hydroxyl groups excluding tert-OH is 1. The number of aliphatic hydroxyl groups is 1. The number of alkyl halides is 1. The highest BCUT2D eigenvalue weighted by Gasteiger charge is 2.77. The largest absolute Gasteiger partial charge is 0.455 e. The lowest BCUT2D eigenvalue weighted by Gasteiger charge is -2.38. The van der Waals surface area contributed by atoms with Crippen LogP contribution in [0.3, 0.4) is 0 Å². The van der Waals surface area contributed by atoms with Crippen LogP contribution in [0.4, 0.5) is 5.69 Å². The van der Waals surface area contributed by atoms with E-state index < -0.39 is 41.7 Å². The summed E-state index contributed by atoms with van der Waals surface area (Å²) >= 11 is 3.75. The first-order valence-electron chi connectivity index (χ1n) is 17.4. The van der Waals surface area contributed by atoms with Crippen molar-refractivity contribution >= 4 is 45.3 Å². The molecule has 0 saturated carbocycles. The summed E-state index contributed by atoms with van der Waals surface area (Å²) in [6.07, 6.45) is 4.77. The van der Waals surface area contributed by atoms with Crippen LogP contribution in [0.1, 0.15) is 61.3 Å². The van der Waals surface area contributed by atoms with E-state index in [0.29, 0.717) is 37.7 Å². The number of likely N-dealkylation sites (tertiary alicyclic amines) is 1. The Labute approximate surface area is 303 Å². The minimum atomic E-state index is -1.27. The lowest BCUT2D eigenvalue weighted by Crippen LogP contribution is -2.57. The maximum atomic E-state index is 15.0. The standard InChI is InChI=1S/C39H48BrN3O7/c1-5-7-19-30(45)41-24-29(27-17-10-8-11-18-27)49-38(48)31-32-36(46)43(21-12-9-13-22-44)35(39(32)23-28(40)34(31)50-39)37(47)42(20-6-2)33-25(3)15-14-16-26(33)4/h5-6,8,10-11,14-18,28-29,31-32,34-35,44H,1-2,7,9,12-13,19-24H2,3-4H3,(H,41,45)/t28?,29-,31-,32+,34-,35-,39+/m0/s1. The first kappa shape index (κ1) is 37.5. The van der Waals surface area contributed by atoms with Crippen molar-refractivity contribution in [2.75, 3.05) is 31.1 Å². The molecular weight excluding hydrogens is 702 g/mol. The Morgan fingerprint density at radius 2 is 1.82 bits per heavy atom. The predicted octanol–water partition coefficient (Wildman–Crippen LogP) is 5.10. The van der Waals surface area contributed by atoms with E-state index in [1.807, 2.05) is 62.4 Å². The summed E-state index contributed by atoms with van der Waals surface area (Å²) in [6, 6.07) is 14.0. The number of nitrogens with zero attached hydrogens (tertiary/aromatic N) is 2. The third-order valence-electron chi connectivity index (χ3n) is 10.1. The van der Waals surface area contributed by atoms with E-state index in [4.69, 9.17) is 9.47 Å². The third kappa shape index (κ3) is 7.31. The van der Waals surface area contributed by atoms with E-state index >= 15 is 0 Å². The number of carbonyl (C=O) groups excluding carboxylic acids is 4. The maximum absolute atomic E-state index is 15.0. The lowest BCUT2D eigenvalue weighted by atomic mass is 9.70. The molecule has 3 aliphatic heterocycles. The molecule has 3 saturated heterocycles. The van der Waals surface area contributed by atoms with Gasteiger partial charge in [0.1, 0.15) is 17.7 Å².